The summed E-state index contributed by atoms with van der Waals surface area (Å²) in [5, 5.41) is 4.19. The van der Waals surface area contributed by atoms with Gasteiger partial charge in [0.15, 0.2) is 11.6 Å². The van der Waals surface area contributed by atoms with Gasteiger partial charge in [0, 0.05) is 43.2 Å². The summed E-state index contributed by atoms with van der Waals surface area (Å²) in [4.78, 5) is 30.6. The summed E-state index contributed by atoms with van der Waals surface area (Å²) >= 11 is 1.34. The Balaban J connectivity index is 1.15. The van der Waals surface area contributed by atoms with Gasteiger partial charge in [0.2, 0.25) is 5.91 Å². The molecule has 0 saturated carbocycles. The molecule has 180 valence electrons. The Morgan fingerprint density at radius 1 is 1.24 bits per heavy atom. The molecule has 0 bridgehead atoms. The molecule has 2 amide bonds. The fraction of sp³-hybridized carbons (Fsp3) is 0.435. The van der Waals surface area contributed by atoms with Crippen LogP contribution in [-0.2, 0) is 11.3 Å². The topological polar surface area (TPSA) is 86.8 Å². The highest BCUT2D eigenvalue weighted by Gasteiger charge is 2.32. The molecular weight excluding hydrogens is 464 g/mol. The first kappa shape index (κ1) is 23.0. The Morgan fingerprint density at radius 3 is 2.74 bits per heavy atom. The molecule has 4 heterocycles. The minimum atomic E-state index is -0.837. The maximum absolute atomic E-state index is 14.9. The van der Waals surface area contributed by atoms with Crippen LogP contribution < -0.4 is 15.5 Å². The fourth-order valence-electron chi connectivity index (χ4n) is 4.22. The third-order valence-corrected chi connectivity index (χ3v) is 7.29. The fourth-order valence-corrected chi connectivity index (χ4v) is 5.17. The highest BCUT2D eigenvalue weighted by atomic mass is 32.2. The number of likely N-dealkylation sites (tertiary alicyclic amines) is 1. The van der Waals surface area contributed by atoms with E-state index in [-0.39, 0.29) is 34.4 Å². The Hall–Kier alpha value is -2.76. The van der Waals surface area contributed by atoms with E-state index in [1.54, 1.807) is 18.0 Å². The van der Waals surface area contributed by atoms with Crippen LogP contribution in [-0.4, -0.2) is 64.2 Å². The lowest BCUT2D eigenvalue weighted by Crippen LogP contribution is -2.53. The van der Waals surface area contributed by atoms with Crippen molar-refractivity contribution in [3.8, 4) is 5.75 Å². The molecule has 34 heavy (non-hydrogen) atoms. The molecule has 11 heteroatoms. The molecule has 0 aliphatic carbocycles. The summed E-state index contributed by atoms with van der Waals surface area (Å²) in [6.07, 6.45) is 1.76. The highest BCUT2D eigenvalue weighted by Crippen LogP contribution is 2.38. The number of anilines is 1. The molecule has 1 aromatic heterocycles. The number of carbonyl (C=O) groups is 2. The van der Waals surface area contributed by atoms with Gasteiger partial charge in [0.1, 0.15) is 11.8 Å². The SMILES string of the molecule is CC1Sc2ccc(CN3CC(Oc4ccc(C(=O)NN5CCCC5)nc4F)C3)c(F)c2NC1=O. The van der Waals surface area contributed by atoms with Crippen LogP contribution in [0.2, 0.25) is 0 Å². The third-order valence-electron chi connectivity index (χ3n) is 6.13. The van der Waals surface area contributed by atoms with Gasteiger partial charge in [-0.2, -0.15) is 4.39 Å². The van der Waals surface area contributed by atoms with Gasteiger partial charge in [0.25, 0.3) is 11.9 Å². The van der Waals surface area contributed by atoms with E-state index in [1.165, 1.54) is 23.9 Å². The summed E-state index contributed by atoms with van der Waals surface area (Å²) in [5.74, 6) is -1.93. The molecule has 3 aliphatic rings. The number of hydrogen-bond acceptors (Lipinski definition) is 7. The van der Waals surface area contributed by atoms with Gasteiger partial charge in [-0.05, 0) is 38.0 Å². The van der Waals surface area contributed by atoms with Crippen LogP contribution in [0.1, 0.15) is 35.8 Å². The van der Waals surface area contributed by atoms with Gasteiger partial charge in [-0.1, -0.05) is 6.07 Å². The van der Waals surface area contributed by atoms with E-state index in [0.29, 0.717) is 25.2 Å². The standard InChI is InChI=1S/C23H25F2N5O3S/c1-13-22(31)27-20-18(34-13)7-4-14(19(20)24)10-29-11-15(12-29)33-17-6-5-16(26-21(17)25)23(32)28-30-8-2-3-9-30/h4-7,13,15H,2-3,8-12H2,1H3,(H,27,31)(H,28,32). The molecule has 2 fully saturated rings. The van der Waals surface area contributed by atoms with Crippen LogP contribution in [0.25, 0.3) is 0 Å². The van der Waals surface area contributed by atoms with Crippen molar-refractivity contribution < 1.29 is 23.1 Å². The second-order valence-electron chi connectivity index (χ2n) is 8.72. The first-order valence-electron chi connectivity index (χ1n) is 11.3. The van der Waals surface area contributed by atoms with Crippen LogP contribution in [0.5, 0.6) is 5.75 Å². The van der Waals surface area contributed by atoms with Crippen molar-refractivity contribution in [1.29, 1.82) is 0 Å². The number of rotatable bonds is 6. The average molecular weight is 490 g/mol. The average Bonchev–Trinajstić information content (AvgIpc) is 3.29. The van der Waals surface area contributed by atoms with E-state index in [2.05, 4.69) is 15.7 Å². The van der Waals surface area contributed by atoms with Gasteiger partial charge >= 0.3 is 0 Å². The van der Waals surface area contributed by atoms with Gasteiger partial charge in [0.05, 0.1) is 10.9 Å². The van der Waals surface area contributed by atoms with Crippen molar-refractivity contribution in [2.45, 2.75) is 42.6 Å². The maximum Gasteiger partial charge on any atom is 0.284 e. The van der Waals surface area contributed by atoms with Crippen molar-refractivity contribution >= 4 is 29.3 Å². The van der Waals surface area contributed by atoms with E-state index in [1.807, 2.05) is 11.0 Å². The van der Waals surface area contributed by atoms with E-state index < -0.39 is 17.7 Å². The highest BCUT2D eigenvalue weighted by molar-refractivity contribution is 8.00. The van der Waals surface area contributed by atoms with Crippen LogP contribution in [0.4, 0.5) is 14.5 Å². The Labute approximate surface area is 200 Å². The Bertz CT molecular complexity index is 1120. The van der Waals surface area contributed by atoms with Gasteiger partial charge in [-0.3, -0.25) is 19.9 Å². The summed E-state index contributed by atoms with van der Waals surface area (Å²) < 4.78 is 35.0. The van der Waals surface area contributed by atoms with E-state index in [4.69, 9.17) is 4.74 Å². The number of halogens is 2. The molecule has 2 N–H and O–H groups in total. The molecular formula is C23H25F2N5O3S. The Kier molecular flexibility index (Phi) is 6.41. The number of pyridine rings is 1. The molecule has 0 radical (unpaired) electrons. The Morgan fingerprint density at radius 2 is 2.00 bits per heavy atom. The van der Waals surface area contributed by atoms with Gasteiger partial charge in [-0.25, -0.2) is 14.4 Å². The second-order valence-corrected chi connectivity index (χ2v) is 10.1. The minimum absolute atomic E-state index is 0.00508. The molecule has 1 unspecified atom stereocenters. The molecule has 1 atom stereocenters. The zero-order valence-corrected chi connectivity index (χ0v) is 19.5. The largest absolute Gasteiger partial charge is 0.483 e. The molecule has 2 aromatic rings. The first-order valence-corrected chi connectivity index (χ1v) is 12.2. The number of nitrogens with one attached hydrogen (secondary N) is 2. The minimum Gasteiger partial charge on any atom is -0.483 e. The van der Waals surface area contributed by atoms with Crippen molar-refractivity contribution in [2.75, 3.05) is 31.5 Å². The first-order chi connectivity index (χ1) is 16.4. The quantitative estimate of drug-likeness (QED) is 0.604. The predicted molar refractivity (Wildman–Crippen MR) is 123 cm³/mol. The summed E-state index contributed by atoms with van der Waals surface area (Å²) in [6.45, 7) is 4.66. The monoisotopic (exact) mass is 489 g/mol. The predicted octanol–water partition coefficient (Wildman–Crippen LogP) is 2.80. The number of amides is 2. The lowest BCUT2D eigenvalue weighted by molar-refractivity contribution is -0.115. The zero-order valence-electron chi connectivity index (χ0n) is 18.6. The number of hydrogen-bond donors (Lipinski definition) is 2. The molecule has 2 saturated heterocycles. The number of hydrazine groups is 1. The summed E-state index contributed by atoms with van der Waals surface area (Å²) in [7, 11) is 0. The van der Waals surface area contributed by atoms with E-state index in [0.717, 1.165) is 30.8 Å². The third kappa shape index (κ3) is 4.73. The summed E-state index contributed by atoms with van der Waals surface area (Å²) in [6, 6.07) is 6.41. The normalized spacial score (nSPS) is 21.0. The van der Waals surface area contributed by atoms with Crippen molar-refractivity contribution in [3.63, 3.8) is 0 Å². The van der Waals surface area contributed by atoms with E-state index >= 15 is 0 Å². The lowest BCUT2D eigenvalue weighted by atomic mass is 10.1. The molecule has 8 nitrogen and oxygen atoms in total. The summed E-state index contributed by atoms with van der Waals surface area (Å²) in [5.41, 5.74) is 3.44. The van der Waals surface area contributed by atoms with Crippen molar-refractivity contribution in [1.82, 2.24) is 20.3 Å². The smallest absolute Gasteiger partial charge is 0.284 e. The number of benzene rings is 1. The number of carbonyl (C=O) groups excluding carboxylic acids is 2. The van der Waals surface area contributed by atoms with Crippen LogP contribution >= 0.6 is 11.8 Å². The maximum atomic E-state index is 14.9. The molecule has 3 aliphatic heterocycles. The number of nitrogens with zero attached hydrogens (tertiary/aromatic N) is 3. The van der Waals surface area contributed by atoms with Gasteiger partial charge in [-0.15, -0.1) is 11.8 Å². The van der Waals surface area contributed by atoms with Crippen molar-refractivity contribution in [3.05, 3.63) is 47.3 Å². The van der Waals surface area contributed by atoms with Crippen LogP contribution in [0, 0.1) is 11.8 Å². The molecule has 1 aromatic carbocycles. The van der Waals surface area contributed by atoms with Crippen LogP contribution in [0.15, 0.2) is 29.2 Å². The number of fused-ring (bicyclic) bond motifs is 1. The molecule has 5 rings (SSSR count). The van der Waals surface area contributed by atoms with Gasteiger partial charge < -0.3 is 10.1 Å². The van der Waals surface area contributed by atoms with Crippen molar-refractivity contribution in [2.24, 2.45) is 0 Å². The number of aromatic nitrogens is 1. The second kappa shape index (κ2) is 9.47. The van der Waals surface area contributed by atoms with E-state index in [9.17, 15) is 18.4 Å². The number of ether oxygens (including phenoxy) is 1. The zero-order chi connectivity index (χ0) is 23.8. The lowest BCUT2D eigenvalue weighted by Gasteiger charge is -2.39. The molecule has 0 spiro atoms. The number of thioether (sulfide) groups is 1. The van der Waals surface area contributed by atoms with Crippen LogP contribution in [0.3, 0.4) is 0 Å².